The van der Waals surface area contributed by atoms with Gasteiger partial charge in [-0.25, -0.2) is 0 Å². The maximum Gasteiger partial charge on any atom is 0.129 e. The Morgan fingerprint density at radius 1 is 1.67 bits per heavy atom. The molecule has 0 bridgehead atoms. The molecule has 2 heteroatoms. The third-order valence-electron chi connectivity index (χ3n) is 0.742. The van der Waals surface area contributed by atoms with Crippen LogP contribution in [0.15, 0.2) is 28.7 Å². The Labute approximate surface area is 55.3 Å². The van der Waals surface area contributed by atoms with Gasteiger partial charge in [0.2, 0.25) is 0 Å². The van der Waals surface area contributed by atoms with E-state index in [-0.39, 0.29) is 0 Å². The van der Waals surface area contributed by atoms with Gasteiger partial charge in [-0.15, -0.1) is 0 Å². The van der Waals surface area contributed by atoms with Gasteiger partial charge in [-0.05, 0) is 18.9 Å². The summed E-state index contributed by atoms with van der Waals surface area (Å²) in [6, 6.07) is 0. The Kier molecular flexibility index (Phi) is 4.37. The number of aliphatic imine (C=N–C) groups is 2. The van der Waals surface area contributed by atoms with Crippen molar-refractivity contribution in [1.82, 2.24) is 0 Å². The molecule has 0 saturated heterocycles. The van der Waals surface area contributed by atoms with E-state index >= 15 is 0 Å². The second-order valence-corrected chi connectivity index (χ2v) is 1.41. The lowest BCUT2D eigenvalue weighted by molar-refractivity contribution is 1.39. The van der Waals surface area contributed by atoms with E-state index in [9.17, 15) is 0 Å². The van der Waals surface area contributed by atoms with E-state index in [1.165, 1.54) is 0 Å². The summed E-state index contributed by atoms with van der Waals surface area (Å²) in [5.41, 5.74) is 0. The molecule has 0 aromatic heterocycles. The molecule has 0 radical (unpaired) electrons. The molecular formula is C7H10N2. The number of nitrogens with zero attached hydrogens (tertiary/aromatic N) is 2. The van der Waals surface area contributed by atoms with Gasteiger partial charge in [0.05, 0.1) is 0 Å². The lowest BCUT2D eigenvalue weighted by atomic mass is 10.6. The highest BCUT2D eigenvalue weighted by Crippen LogP contribution is 1.72. The van der Waals surface area contributed by atoms with Gasteiger partial charge < -0.3 is 0 Å². The normalized spacial score (nSPS) is 9.78. The van der Waals surface area contributed by atoms with Crippen LogP contribution in [-0.4, -0.2) is 18.8 Å². The largest absolute Gasteiger partial charge is 0.274 e. The van der Waals surface area contributed by atoms with Gasteiger partial charge in [-0.1, -0.05) is 12.7 Å². The SMILES string of the molecule is C=CC=C=NC(C)=NC. The number of allylic oxidation sites excluding steroid dienone is 2. The van der Waals surface area contributed by atoms with Crippen LogP contribution in [0.3, 0.4) is 0 Å². The van der Waals surface area contributed by atoms with Gasteiger partial charge in [0, 0.05) is 7.05 Å². The minimum atomic E-state index is 0.716. The minimum Gasteiger partial charge on any atom is -0.274 e. The van der Waals surface area contributed by atoms with Crippen molar-refractivity contribution in [2.45, 2.75) is 6.92 Å². The van der Waals surface area contributed by atoms with Crippen molar-refractivity contribution >= 4 is 11.7 Å². The number of hydrogen-bond donors (Lipinski definition) is 0. The van der Waals surface area contributed by atoms with E-state index in [4.69, 9.17) is 0 Å². The van der Waals surface area contributed by atoms with Gasteiger partial charge in [-0.3, -0.25) is 4.99 Å². The van der Waals surface area contributed by atoms with E-state index in [0.29, 0.717) is 5.84 Å². The summed E-state index contributed by atoms with van der Waals surface area (Å²) in [5.74, 6) is 3.35. The van der Waals surface area contributed by atoms with Crippen molar-refractivity contribution in [3.63, 3.8) is 0 Å². The molecule has 2 nitrogen and oxygen atoms in total. The summed E-state index contributed by atoms with van der Waals surface area (Å²) in [6.07, 6.45) is 3.25. The van der Waals surface area contributed by atoms with Gasteiger partial charge in [0.15, 0.2) is 0 Å². The monoisotopic (exact) mass is 122 g/mol. The second-order valence-electron chi connectivity index (χ2n) is 1.41. The minimum absolute atomic E-state index is 0.716. The van der Waals surface area contributed by atoms with Crippen molar-refractivity contribution < 1.29 is 0 Å². The zero-order chi connectivity index (χ0) is 7.11. The van der Waals surface area contributed by atoms with Crippen LogP contribution in [0.4, 0.5) is 0 Å². The van der Waals surface area contributed by atoms with Gasteiger partial charge >= 0.3 is 0 Å². The van der Waals surface area contributed by atoms with Gasteiger partial charge in [0.1, 0.15) is 5.84 Å². The summed E-state index contributed by atoms with van der Waals surface area (Å²) >= 11 is 0. The molecule has 0 atom stereocenters. The summed E-state index contributed by atoms with van der Waals surface area (Å²) in [4.78, 5) is 7.60. The Balaban J connectivity index is 3.99. The van der Waals surface area contributed by atoms with Crippen LogP contribution in [0, 0.1) is 0 Å². The van der Waals surface area contributed by atoms with Crippen LogP contribution >= 0.6 is 0 Å². The first kappa shape index (κ1) is 7.86. The predicted molar refractivity (Wildman–Crippen MR) is 41.2 cm³/mol. The molecule has 0 aromatic rings. The Morgan fingerprint density at radius 3 is 2.78 bits per heavy atom. The third kappa shape index (κ3) is 4.72. The van der Waals surface area contributed by atoms with Crippen molar-refractivity contribution in [2.75, 3.05) is 7.05 Å². The third-order valence-corrected chi connectivity index (χ3v) is 0.742. The van der Waals surface area contributed by atoms with Crippen LogP contribution in [0.2, 0.25) is 0 Å². The predicted octanol–water partition coefficient (Wildman–Crippen LogP) is 1.45. The van der Waals surface area contributed by atoms with Crippen LogP contribution < -0.4 is 0 Å². The molecule has 0 amide bonds. The molecular weight excluding hydrogens is 112 g/mol. The van der Waals surface area contributed by atoms with Gasteiger partial charge in [0.25, 0.3) is 0 Å². The molecule has 0 aliphatic heterocycles. The standard InChI is InChI=1S/C7H10N2/c1-4-5-6-9-7(2)8-3/h4-5H,1H2,2-3H3. The molecule has 0 aliphatic carbocycles. The fourth-order valence-electron chi connectivity index (χ4n) is 0.233. The highest BCUT2D eigenvalue weighted by molar-refractivity contribution is 5.86. The molecule has 0 spiro atoms. The molecule has 48 valence electrons. The quantitative estimate of drug-likeness (QED) is 0.285. The maximum absolute atomic E-state index is 3.81. The van der Waals surface area contributed by atoms with Crippen LogP contribution in [0.25, 0.3) is 0 Å². The molecule has 0 aromatic carbocycles. The topological polar surface area (TPSA) is 24.7 Å². The highest BCUT2D eigenvalue weighted by Gasteiger charge is 1.73. The molecule has 0 N–H and O–H groups in total. The number of amidine groups is 1. The van der Waals surface area contributed by atoms with E-state index < -0.39 is 0 Å². The Hall–Kier alpha value is -1.14. The number of rotatable bonds is 1. The van der Waals surface area contributed by atoms with Crippen molar-refractivity contribution in [3.8, 4) is 0 Å². The molecule has 0 heterocycles. The van der Waals surface area contributed by atoms with Crippen molar-refractivity contribution in [1.29, 1.82) is 0 Å². The van der Waals surface area contributed by atoms with Gasteiger partial charge in [-0.2, -0.15) is 4.99 Å². The maximum atomic E-state index is 3.81. The summed E-state index contributed by atoms with van der Waals surface area (Å²) in [5, 5.41) is 0. The lowest BCUT2D eigenvalue weighted by Gasteiger charge is -1.78. The average molecular weight is 122 g/mol. The Bertz CT molecular complexity index is 171. The zero-order valence-electron chi connectivity index (χ0n) is 5.76. The smallest absolute Gasteiger partial charge is 0.129 e. The van der Waals surface area contributed by atoms with Crippen molar-refractivity contribution in [3.05, 3.63) is 18.7 Å². The average Bonchev–Trinajstić information content (AvgIpc) is 1.89. The first-order valence-electron chi connectivity index (χ1n) is 2.65. The molecule has 0 saturated carbocycles. The van der Waals surface area contributed by atoms with E-state index in [0.717, 1.165) is 0 Å². The zero-order valence-corrected chi connectivity index (χ0v) is 5.76. The molecule has 0 aliphatic rings. The fraction of sp³-hybridized carbons (Fsp3) is 0.286. The van der Waals surface area contributed by atoms with Crippen LogP contribution in [-0.2, 0) is 0 Å². The summed E-state index contributed by atoms with van der Waals surface area (Å²) < 4.78 is 0. The molecule has 0 fully saturated rings. The van der Waals surface area contributed by atoms with E-state index in [1.807, 2.05) is 6.92 Å². The molecule has 0 rings (SSSR count). The molecule has 0 unspecified atom stereocenters. The highest BCUT2D eigenvalue weighted by atomic mass is 14.9. The lowest BCUT2D eigenvalue weighted by Crippen LogP contribution is -1.80. The number of hydrogen-bond acceptors (Lipinski definition) is 1. The summed E-state index contributed by atoms with van der Waals surface area (Å²) in [7, 11) is 1.69. The Morgan fingerprint density at radius 2 is 2.33 bits per heavy atom. The fourth-order valence-corrected chi connectivity index (χ4v) is 0.233. The summed E-state index contributed by atoms with van der Waals surface area (Å²) in [6.45, 7) is 5.27. The van der Waals surface area contributed by atoms with Crippen molar-refractivity contribution in [2.24, 2.45) is 9.98 Å². The van der Waals surface area contributed by atoms with Crippen LogP contribution in [0.5, 0.6) is 0 Å². The first-order chi connectivity index (χ1) is 4.31. The van der Waals surface area contributed by atoms with Crippen LogP contribution in [0.1, 0.15) is 6.92 Å². The van der Waals surface area contributed by atoms with E-state index in [2.05, 4.69) is 22.4 Å². The van der Waals surface area contributed by atoms with E-state index in [1.54, 1.807) is 19.2 Å². The molecule has 9 heavy (non-hydrogen) atoms. The first-order valence-corrected chi connectivity index (χ1v) is 2.65. The second kappa shape index (κ2) is 5.01.